The number of ether oxygens (including phenoxy) is 1. The Morgan fingerprint density at radius 1 is 1.14 bits per heavy atom. The molecule has 1 aliphatic heterocycles. The number of carbonyl (C=O) groups is 2. The summed E-state index contributed by atoms with van der Waals surface area (Å²) in [6.07, 6.45) is -1.86. The van der Waals surface area contributed by atoms with E-state index in [9.17, 15) is 23.5 Å². The summed E-state index contributed by atoms with van der Waals surface area (Å²) < 4.78 is 35.0. The van der Waals surface area contributed by atoms with Crippen LogP contribution in [0, 0.1) is 17.6 Å². The normalized spacial score (nSPS) is 17.1. The van der Waals surface area contributed by atoms with E-state index < -0.39 is 41.9 Å². The van der Waals surface area contributed by atoms with Crippen LogP contribution in [0.2, 0.25) is 0 Å². The van der Waals surface area contributed by atoms with Gasteiger partial charge in [-0.3, -0.25) is 9.69 Å². The van der Waals surface area contributed by atoms with Crippen molar-refractivity contribution in [3.8, 4) is 0 Å². The molecule has 1 saturated heterocycles. The molecule has 4 rings (SSSR count). The highest BCUT2D eigenvalue weighted by Gasteiger charge is 2.39. The van der Waals surface area contributed by atoms with E-state index in [4.69, 9.17) is 10.5 Å². The highest BCUT2D eigenvalue weighted by Crippen LogP contribution is 2.27. The van der Waals surface area contributed by atoms with Gasteiger partial charge in [-0.25, -0.2) is 17.9 Å². The van der Waals surface area contributed by atoms with Crippen LogP contribution in [0.1, 0.15) is 25.8 Å². The van der Waals surface area contributed by atoms with Crippen LogP contribution in [-0.4, -0.2) is 59.3 Å². The highest BCUT2D eigenvalue weighted by molar-refractivity contribution is 7.97. The maximum Gasteiger partial charge on any atom is 0.415 e. The van der Waals surface area contributed by atoms with Crippen LogP contribution >= 0.6 is 11.9 Å². The summed E-state index contributed by atoms with van der Waals surface area (Å²) in [5, 5.41) is 14.4. The molecule has 0 radical (unpaired) electrons. The fourth-order valence-electron chi connectivity index (χ4n) is 4.56. The Morgan fingerprint density at radius 2 is 1.86 bits per heavy atom. The molecule has 1 heterocycles. The van der Waals surface area contributed by atoms with E-state index in [0.29, 0.717) is 30.6 Å². The molecule has 4 atom stereocenters. The summed E-state index contributed by atoms with van der Waals surface area (Å²) >= 11 is 1.50. The van der Waals surface area contributed by atoms with E-state index in [-0.39, 0.29) is 18.8 Å². The van der Waals surface area contributed by atoms with E-state index >= 15 is 0 Å². The van der Waals surface area contributed by atoms with E-state index in [1.807, 2.05) is 54.6 Å². The minimum absolute atomic E-state index is 0.182. The summed E-state index contributed by atoms with van der Waals surface area (Å²) in [7, 11) is 0. The number of hydrogen-bond donors (Lipinski definition) is 3. The number of halogens is 2. The van der Waals surface area contributed by atoms with E-state index in [1.165, 1.54) is 11.9 Å². The summed E-state index contributed by atoms with van der Waals surface area (Å²) in [6.45, 7) is 4.93. The SMILES string of the molecule is CCC(C)CN(CC(O)C(Cc1ccccc1)NC(=O)C1CN(c2ccc(F)cc2F)C(=O)O1)Sc1ccc(N)cc1. The average molecular weight is 599 g/mol. The second-order valence-corrected chi connectivity index (χ2v) is 11.6. The van der Waals surface area contributed by atoms with Gasteiger partial charge in [0.25, 0.3) is 5.91 Å². The van der Waals surface area contributed by atoms with Crippen LogP contribution in [0.3, 0.4) is 0 Å². The number of amides is 2. The van der Waals surface area contributed by atoms with Gasteiger partial charge in [-0.2, -0.15) is 0 Å². The minimum Gasteiger partial charge on any atom is -0.434 e. The Bertz CT molecular complexity index is 1350. The number of carbonyl (C=O) groups excluding carboxylic acids is 2. The first-order chi connectivity index (χ1) is 20.1. The molecule has 0 aliphatic carbocycles. The van der Waals surface area contributed by atoms with Gasteiger partial charge in [0, 0.05) is 29.7 Å². The van der Waals surface area contributed by atoms with Crippen molar-refractivity contribution in [2.75, 3.05) is 30.3 Å². The molecule has 3 aromatic rings. The number of cyclic esters (lactones) is 1. The summed E-state index contributed by atoms with van der Waals surface area (Å²) in [5.74, 6) is -1.98. The minimum atomic E-state index is -1.24. The van der Waals surface area contributed by atoms with Crippen molar-refractivity contribution in [2.45, 2.75) is 49.8 Å². The number of nitrogen functional groups attached to an aromatic ring is 1. The molecule has 0 bridgehead atoms. The van der Waals surface area contributed by atoms with Gasteiger partial charge in [0.15, 0.2) is 6.10 Å². The lowest BCUT2D eigenvalue weighted by Crippen LogP contribution is -2.52. The molecule has 0 saturated carbocycles. The molecule has 1 fully saturated rings. The fourth-order valence-corrected chi connectivity index (χ4v) is 5.67. The first-order valence-electron chi connectivity index (χ1n) is 13.9. The monoisotopic (exact) mass is 598 g/mol. The number of anilines is 2. The quantitative estimate of drug-likeness (QED) is 0.187. The highest BCUT2D eigenvalue weighted by atomic mass is 32.2. The van der Waals surface area contributed by atoms with Crippen molar-refractivity contribution in [2.24, 2.45) is 5.92 Å². The Hall–Kier alpha value is -3.67. The molecule has 2 amide bonds. The third-order valence-corrected chi connectivity index (χ3v) is 8.15. The average Bonchev–Trinajstić information content (AvgIpc) is 3.35. The van der Waals surface area contributed by atoms with Crippen LogP contribution < -0.4 is 16.0 Å². The number of benzene rings is 3. The van der Waals surface area contributed by atoms with Gasteiger partial charge in [-0.05, 0) is 66.2 Å². The molecule has 4 N–H and O–H groups in total. The van der Waals surface area contributed by atoms with Gasteiger partial charge >= 0.3 is 6.09 Å². The van der Waals surface area contributed by atoms with Crippen molar-refractivity contribution in [3.63, 3.8) is 0 Å². The molecule has 42 heavy (non-hydrogen) atoms. The van der Waals surface area contributed by atoms with E-state index in [0.717, 1.165) is 33.9 Å². The largest absolute Gasteiger partial charge is 0.434 e. The Labute approximate surface area is 249 Å². The zero-order valence-electron chi connectivity index (χ0n) is 23.6. The first-order valence-corrected chi connectivity index (χ1v) is 14.6. The van der Waals surface area contributed by atoms with Crippen LogP contribution in [0.5, 0.6) is 0 Å². The van der Waals surface area contributed by atoms with Gasteiger partial charge in [0.2, 0.25) is 0 Å². The molecule has 224 valence electrons. The lowest BCUT2D eigenvalue weighted by Gasteiger charge is -2.31. The van der Waals surface area contributed by atoms with Gasteiger partial charge in [-0.1, -0.05) is 50.6 Å². The lowest BCUT2D eigenvalue weighted by atomic mass is 10.0. The summed E-state index contributed by atoms with van der Waals surface area (Å²) in [4.78, 5) is 27.8. The van der Waals surface area contributed by atoms with Crippen LogP contribution in [-0.2, 0) is 16.0 Å². The van der Waals surface area contributed by atoms with E-state index in [2.05, 4.69) is 23.5 Å². The van der Waals surface area contributed by atoms with Crippen molar-refractivity contribution in [1.82, 2.24) is 9.62 Å². The molecule has 8 nitrogen and oxygen atoms in total. The maximum absolute atomic E-state index is 14.3. The number of nitrogens with two attached hydrogens (primary N) is 1. The molecular weight excluding hydrogens is 562 g/mol. The number of hydrogen-bond acceptors (Lipinski definition) is 7. The number of nitrogens with zero attached hydrogens (tertiary/aromatic N) is 2. The number of rotatable bonds is 13. The third kappa shape index (κ3) is 8.43. The topological polar surface area (TPSA) is 108 Å². The molecule has 1 aliphatic rings. The summed E-state index contributed by atoms with van der Waals surface area (Å²) in [5.41, 5.74) is 7.22. The van der Waals surface area contributed by atoms with Crippen LogP contribution in [0.15, 0.2) is 77.7 Å². The molecule has 4 unspecified atom stereocenters. The molecule has 11 heteroatoms. The maximum atomic E-state index is 14.3. The second kappa shape index (κ2) is 14.5. The van der Waals surface area contributed by atoms with Gasteiger partial charge in [-0.15, -0.1) is 0 Å². The first kappa shape index (κ1) is 31.3. The van der Waals surface area contributed by atoms with Gasteiger partial charge in [0.1, 0.15) is 11.6 Å². The fraction of sp³-hybridized carbons (Fsp3) is 0.355. The van der Waals surface area contributed by atoms with Crippen molar-refractivity contribution < 1.29 is 28.2 Å². The Morgan fingerprint density at radius 3 is 2.52 bits per heavy atom. The second-order valence-electron chi connectivity index (χ2n) is 10.5. The lowest BCUT2D eigenvalue weighted by molar-refractivity contribution is -0.129. The van der Waals surface area contributed by atoms with Crippen LogP contribution in [0.25, 0.3) is 0 Å². The van der Waals surface area contributed by atoms with Crippen LogP contribution in [0.4, 0.5) is 25.0 Å². The zero-order chi connectivity index (χ0) is 30.2. The number of nitrogens with one attached hydrogen (secondary N) is 1. The number of aliphatic hydroxyl groups excluding tert-OH is 1. The Kier molecular flexibility index (Phi) is 10.8. The van der Waals surface area contributed by atoms with Gasteiger partial charge in [0.05, 0.1) is 24.4 Å². The summed E-state index contributed by atoms with van der Waals surface area (Å²) in [6, 6.07) is 19.0. The molecule has 3 aromatic carbocycles. The van der Waals surface area contributed by atoms with Crippen molar-refractivity contribution >= 4 is 35.3 Å². The smallest absolute Gasteiger partial charge is 0.415 e. The van der Waals surface area contributed by atoms with Crippen molar-refractivity contribution in [3.05, 3.63) is 90.0 Å². The number of aliphatic hydroxyl groups is 1. The van der Waals surface area contributed by atoms with Gasteiger partial charge < -0.3 is 20.9 Å². The third-order valence-electron chi connectivity index (χ3n) is 7.11. The standard InChI is InChI=1S/C31H36F2N4O4S/c1-3-20(2)17-36(42-24-12-10-23(34)11-13-24)18-28(38)26(15-21-7-5-4-6-8-21)35-30(39)29-19-37(31(40)41-29)27-14-9-22(32)16-25(27)33/h4-14,16,20,26,28-29,38H,3,15,17-19,34H2,1-2H3,(H,35,39). The molecular formula is C31H36F2N4O4S. The zero-order valence-corrected chi connectivity index (χ0v) is 24.4. The molecule has 0 aromatic heterocycles. The Balaban J connectivity index is 1.49. The van der Waals surface area contributed by atoms with Crippen molar-refractivity contribution in [1.29, 1.82) is 0 Å². The van der Waals surface area contributed by atoms with E-state index in [1.54, 1.807) is 0 Å². The predicted molar refractivity (Wildman–Crippen MR) is 160 cm³/mol. The predicted octanol–water partition coefficient (Wildman–Crippen LogP) is 5.02. The molecule has 0 spiro atoms.